The van der Waals surface area contributed by atoms with Crippen molar-refractivity contribution in [3.05, 3.63) is 0 Å². The Kier molecular flexibility index (Phi) is 13.4. The fraction of sp³-hybridized carbons (Fsp3) is 0.864. The molecule has 0 saturated carbocycles. The van der Waals surface area contributed by atoms with Gasteiger partial charge in [0.05, 0.1) is 12.7 Å². The van der Waals surface area contributed by atoms with Crippen molar-refractivity contribution in [1.29, 1.82) is 0 Å². The largest absolute Gasteiger partial charge is 0.466 e. The molecule has 0 N–H and O–H groups in total. The van der Waals surface area contributed by atoms with Crippen LogP contribution in [0.15, 0.2) is 0 Å². The molecule has 0 aliphatic carbocycles. The molecule has 0 aromatic heterocycles. The summed E-state index contributed by atoms with van der Waals surface area (Å²) in [4.78, 5) is 34.8. The van der Waals surface area contributed by atoms with Crippen LogP contribution in [0.25, 0.3) is 0 Å². The first kappa shape index (κ1) is 25.4. The number of carbonyl (C=O) groups is 3. The van der Waals surface area contributed by atoms with Crippen LogP contribution in [-0.4, -0.2) is 49.4 Å². The zero-order valence-corrected chi connectivity index (χ0v) is 18.3. The monoisotopic (exact) mass is 414 g/mol. The standard InChI is InChI=1S/C22H38O7/c1-4-20(23)27-16-8-10-18(28-21(24)5-2)13-14-19(29-22(25)6-3)12-11-17-9-7-15-26-17/h17-19H,4-16H2,1-3H3/t17-,18-,19-/m0/s1. The van der Waals surface area contributed by atoms with Crippen molar-refractivity contribution in [2.24, 2.45) is 0 Å². The van der Waals surface area contributed by atoms with Crippen LogP contribution >= 0.6 is 0 Å². The molecular formula is C22H38O7. The molecule has 1 aliphatic rings. The molecular weight excluding hydrogens is 376 g/mol. The summed E-state index contributed by atoms with van der Waals surface area (Å²) in [6, 6.07) is 0. The smallest absolute Gasteiger partial charge is 0.305 e. The highest BCUT2D eigenvalue weighted by atomic mass is 16.6. The molecule has 1 aliphatic heterocycles. The summed E-state index contributed by atoms with van der Waals surface area (Å²) >= 11 is 0. The molecule has 0 radical (unpaired) electrons. The third-order valence-corrected chi connectivity index (χ3v) is 5.04. The maximum absolute atomic E-state index is 11.8. The van der Waals surface area contributed by atoms with Crippen molar-refractivity contribution >= 4 is 17.9 Å². The number of rotatable bonds is 15. The van der Waals surface area contributed by atoms with Crippen molar-refractivity contribution in [3.63, 3.8) is 0 Å². The van der Waals surface area contributed by atoms with Crippen LogP contribution in [0.3, 0.4) is 0 Å². The van der Waals surface area contributed by atoms with E-state index in [1.54, 1.807) is 20.8 Å². The summed E-state index contributed by atoms with van der Waals surface area (Å²) in [5.41, 5.74) is 0. The lowest BCUT2D eigenvalue weighted by Crippen LogP contribution is -2.24. The Morgan fingerprint density at radius 3 is 1.97 bits per heavy atom. The summed E-state index contributed by atoms with van der Waals surface area (Å²) < 4.78 is 21.9. The first-order valence-corrected chi connectivity index (χ1v) is 11.1. The van der Waals surface area contributed by atoms with Gasteiger partial charge in [0.2, 0.25) is 0 Å². The van der Waals surface area contributed by atoms with E-state index >= 15 is 0 Å². The quantitative estimate of drug-likeness (QED) is 0.226. The van der Waals surface area contributed by atoms with Gasteiger partial charge in [-0.25, -0.2) is 0 Å². The first-order valence-electron chi connectivity index (χ1n) is 11.1. The number of hydrogen-bond acceptors (Lipinski definition) is 7. The minimum absolute atomic E-state index is 0.201. The maximum Gasteiger partial charge on any atom is 0.305 e. The van der Waals surface area contributed by atoms with E-state index in [0.29, 0.717) is 51.6 Å². The van der Waals surface area contributed by atoms with Gasteiger partial charge in [0.15, 0.2) is 0 Å². The average molecular weight is 415 g/mol. The van der Waals surface area contributed by atoms with E-state index in [4.69, 9.17) is 18.9 Å². The lowest BCUT2D eigenvalue weighted by molar-refractivity contribution is -0.154. The second kappa shape index (κ2) is 15.2. The highest BCUT2D eigenvalue weighted by molar-refractivity contribution is 5.69. The summed E-state index contributed by atoms with van der Waals surface area (Å²) in [5.74, 6) is -0.689. The van der Waals surface area contributed by atoms with Gasteiger partial charge in [0.1, 0.15) is 12.2 Å². The van der Waals surface area contributed by atoms with Gasteiger partial charge in [0, 0.05) is 25.9 Å². The lowest BCUT2D eigenvalue weighted by Gasteiger charge is -2.23. The second-order valence-electron chi connectivity index (χ2n) is 7.44. The Balaban J connectivity index is 2.51. The fourth-order valence-electron chi connectivity index (χ4n) is 3.28. The Bertz CT molecular complexity index is 486. The Morgan fingerprint density at radius 1 is 0.862 bits per heavy atom. The molecule has 1 saturated heterocycles. The van der Waals surface area contributed by atoms with Crippen molar-refractivity contribution in [2.45, 2.75) is 110 Å². The molecule has 0 aromatic carbocycles. The minimum atomic E-state index is -0.270. The van der Waals surface area contributed by atoms with E-state index in [1.165, 1.54) is 0 Å². The average Bonchev–Trinajstić information content (AvgIpc) is 3.25. The predicted octanol–water partition coefficient (Wildman–Crippen LogP) is 4.10. The van der Waals surface area contributed by atoms with Crippen LogP contribution in [-0.2, 0) is 33.3 Å². The summed E-state index contributed by atoms with van der Waals surface area (Å²) in [6.07, 6.45) is 7.03. The van der Waals surface area contributed by atoms with E-state index in [9.17, 15) is 14.4 Å². The zero-order valence-electron chi connectivity index (χ0n) is 18.3. The molecule has 0 unspecified atom stereocenters. The van der Waals surface area contributed by atoms with Crippen molar-refractivity contribution in [2.75, 3.05) is 13.2 Å². The number of esters is 3. The van der Waals surface area contributed by atoms with E-state index in [0.717, 1.165) is 32.3 Å². The van der Waals surface area contributed by atoms with Gasteiger partial charge in [-0.15, -0.1) is 0 Å². The molecule has 7 heteroatoms. The highest BCUT2D eigenvalue weighted by Gasteiger charge is 2.22. The van der Waals surface area contributed by atoms with Gasteiger partial charge in [-0.3, -0.25) is 14.4 Å². The number of hydrogen-bond donors (Lipinski definition) is 0. The van der Waals surface area contributed by atoms with Gasteiger partial charge in [-0.2, -0.15) is 0 Å². The SMILES string of the molecule is CCC(=O)OCCC[C@@H](CC[C@H](CC[C@@H]1CCCO1)OC(=O)CC)OC(=O)CC. The van der Waals surface area contributed by atoms with Gasteiger partial charge in [0.25, 0.3) is 0 Å². The first-order chi connectivity index (χ1) is 14.0. The Labute approximate surface area is 174 Å². The molecule has 0 spiro atoms. The van der Waals surface area contributed by atoms with Gasteiger partial charge >= 0.3 is 17.9 Å². The number of carbonyl (C=O) groups excluding carboxylic acids is 3. The van der Waals surface area contributed by atoms with Crippen LogP contribution in [0, 0.1) is 0 Å². The second-order valence-corrected chi connectivity index (χ2v) is 7.44. The van der Waals surface area contributed by atoms with Gasteiger partial charge in [-0.1, -0.05) is 20.8 Å². The molecule has 29 heavy (non-hydrogen) atoms. The molecule has 1 rings (SSSR count). The predicted molar refractivity (Wildman–Crippen MR) is 108 cm³/mol. The Hall–Kier alpha value is -1.63. The van der Waals surface area contributed by atoms with Crippen LogP contribution in [0.5, 0.6) is 0 Å². The molecule has 0 bridgehead atoms. The summed E-state index contributed by atoms with van der Waals surface area (Å²) in [5, 5.41) is 0. The van der Waals surface area contributed by atoms with Gasteiger partial charge in [-0.05, 0) is 51.4 Å². The number of ether oxygens (including phenoxy) is 4. The molecule has 1 fully saturated rings. The topological polar surface area (TPSA) is 88.1 Å². The molecule has 3 atom stereocenters. The van der Waals surface area contributed by atoms with Crippen LogP contribution in [0.4, 0.5) is 0 Å². The van der Waals surface area contributed by atoms with Gasteiger partial charge < -0.3 is 18.9 Å². The summed E-state index contributed by atoms with van der Waals surface area (Å²) in [7, 11) is 0. The molecule has 1 heterocycles. The van der Waals surface area contributed by atoms with Crippen LogP contribution in [0.2, 0.25) is 0 Å². The maximum atomic E-state index is 11.8. The van der Waals surface area contributed by atoms with Crippen molar-refractivity contribution < 1.29 is 33.3 Å². The fourth-order valence-corrected chi connectivity index (χ4v) is 3.28. The van der Waals surface area contributed by atoms with Crippen molar-refractivity contribution in [1.82, 2.24) is 0 Å². The molecule has 7 nitrogen and oxygen atoms in total. The molecule has 0 aromatic rings. The highest BCUT2D eigenvalue weighted by Crippen LogP contribution is 2.22. The van der Waals surface area contributed by atoms with E-state index in [1.807, 2.05) is 0 Å². The third kappa shape index (κ3) is 11.8. The Morgan fingerprint density at radius 2 is 1.45 bits per heavy atom. The van der Waals surface area contributed by atoms with Crippen molar-refractivity contribution in [3.8, 4) is 0 Å². The normalized spacial score (nSPS) is 18.1. The third-order valence-electron chi connectivity index (χ3n) is 5.04. The summed E-state index contributed by atoms with van der Waals surface area (Å²) in [6.45, 7) is 6.42. The molecule has 168 valence electrons. The van der Waals surface area contributed by atoms with E-state index < -0.39 is 0 Å². The van der Waals surface area contributed by atoms with Crippen LogP contribution in [0.1, 0.15) is 91.4 Å². The van der Waals surface area contributed by atoms with E-state index in [2.05, 4.69) is 0 Å². The van der Waals surface area contributed by atoms with E-state index in [-0.39, 0.29) is 36.2 Å². The minimum Gasteiger partial charge on any atom is -0.466 e. The zero-order chi connectivity index (χ0) is 21.5. The molecule has 0 amide bonds. The lowest BCUT2D eigenvalue weighted by atomic mass is 10.0. The van der Waals surface area contributed by atoms with Crippen LogP contribution < -0.4 is 0 Å².